The van der Waals surface area contributed by atoms with Crippen LogP contribution >= 0.6 is 0 Å². The molecule has 6 nitrogen and oxygen atoms in total. The van der Waals surface area contributed by atoms with Crippen molar-refractivity contribution in [3.05, 3.63) is 65.7 Å². The number of para-hydroxylation sites is 1. The Balaban J connectivity index is 1.42. The van der Waals surface area contributed by atoms with E-state index in [2.05, 4.69) is 10.6 Å². The van der Waals surface area contributed by atoms with Gasteiger partial charge in [0.25, 0.3) is 0 Å². The summed E-state index contributed by atoms with van der Waals surface area (Å²) in [6.45, 7) is 4.05. The summed E-state index contributed by atoms with van der Waals surface area (Å²) in [4.78, 5) is 26.2. The van der Waals surface area contributed by atoms with Crippen molar-refractivity contribution < 1.29 is 14.3 Å². The van der Waals surface area contributed by atoms with E-state index in [0.717, 1.165) is 29.7 Å². The second kappa shape index (κ2) is 9.78. The molecule has 3 amide bonds. The number of likely N-dealkylation sites (tertiary alicyclic amines) is 1. The molecule has 148 valence electrons. The van der Waals surface area contributed by atoms with Gasteiger partial charge in [-0.2, -0.15) is 0 Å². The number of aryl methyl sites for hydroxylation is 1. The van der Waals surface area contributed by atoms with Crippen molar-refractivity contribution in [2.45, 2.75) is 26.4 Å². The van der Waals surface area contributed by atoms with Crippen LogP contribution in [0, 0.1) is 12.8 Å². The highest BCUT2D eigenvalue weighted by atomic mass is 16.6. The van der Waals surface area contributed by atoms with Crippen LogP contribution in [0.4, 0.5) is 15.3 Å². The molecule has 0 aliphatic carbocycles. The van der Waals surface area contributed by atoms with Crippen LogP contribution in [0.1, 0.15) is 24.0 Å². The molecule has 0 bridgehead atoms. The topological polar surface area (TPSA) is 70.7 Å². The van der Waals surface area contributed by atoms with Gasteiger partial charge in [-0.15, -0.1) is 0 Å². The molecule has 0 radical (unpaired) electrons. The molecule has 2 aromatic rings. The molecule has 1 saturated heterocycles. The number of carbonyl (C=O) groups is 2. The lowest BCUT2D eigenvalue weighted by Crippen LogP contribution is -2.44. The first-order valence-corrected chi connectivity index (χ1v) is 9.68. The van der Waals surface area contributed by atoms with E-state index in [0.29, 0.717) is 19.6 Å². The summed E-state index contributed by atoms with van der Waals surface area (Å²) in [6.07, 6.45) is 1.59. The number of nitrogens with one attached hydrogen (secondary N) is 2. The zero-order valence-corrected chi connectivity index (χ0v) is 16.2. The smallest absolute Gasteiger partial charge is 0.410 e. The van der Waals surface area contributed by atoms with Crippen molar-refractivity contribution >= 4 is 17.8 Å². The van der Waals surface area contributed by atoms with E-state index in [4.69, 9.17) is 4.74 Å². The molecule has 3 rings (SSSR count). The summed E-state index contributed by atoms with van der Waals surface area (Å²) < 4.78 is 5.42. The Labute approximate surface area is 165 Å². The van der Waals surface area contributed by atoms with Gasteiger partial charge in [0.1, 0.15) is 6.61 Å². The van der Waals surface area contributed by atoms with Gasteiger partial charge in [0, 0.05) is 25.3 Å². The average Bonchev–Trinajstić information content (AvgIpc) is 2.73. The molecule has 1 heterocycles. The minimum absolute atomic E-state index is 0.223. The molecule has 2 aromatic carbocycles. The predicted molar refractivity (Wildman–Crippen MR) is 109 cm³/mol. The van der Waals surface area contributed by atoms with E-state index in [1.165, 1.54) is 0 Å². The number of hydrogen-bond donors (Lipinski definition) is 2. The third kappa shape index (κ3) is 5.74. The van der Waals surface area contributed by atoms with E-state index in [9.17, 15) is 9.59 Å². The highest BCUT2D eigenvalue weighted by molar-refractivity contribution is 5.90. The van der Waals surface area contributed by atoms with E-state index in [-0.39, 0.29) is 24.6 Å². The van der Waals surface area contributed by atoms with Crippen LogP contribution in [0.5, 0.6) is 0 Å². The molecule has 0 spiro atoms. The first-order chi connectivity index (χ1) is 13.6. The summed E-state index contributed by atoms with van der Waals surface area (Å²) in [5.74, 6) is 0.223. The molecule has 28 heavy (non-hydrogen) atoms. The van der Waals surface area contributed by atoms with Gasteiger partial charge in [-0.3, -0.25) is 0 Å². The lowest BCUT2D eigenvalue weighted by molar-refractivity contribution is 0.0793. The van der Waals surface area contributed by atoms with E-state index >= 15 is 0 Å². The standard InChI is InChI=1S/C22H27N3O3/c1-17-8-5-6-12-20(17)24-21(26)23-14-19-11-7-13-25(15-19)22(27)28-16-18-9-3-2-4-10-18/h2-6,8-10,12,19H,7,11,13-16H2,1H3,(H2,23,24,26)/t19-/m1/s1. The van der Waals surface area contributed by atoms with Crippen LogP contribution in [0.2, 0.25) is 0 Å². The fourth-order valence-electron chi connectivity index (χ4n) is 3.32. The number of urea groups is 1. The Morgan fingerprint density at radius 3 is 2.64 bits per heavy atom. The summed E-state index contributed by atoms with van der Waals surface area (Å²) in [7, 11) is 0. The number of rotatable bonds is 5. The summed E-state index contributed by atoms with van der Waals surface area (Å²) >= 11 is 0. The van der Waals surface area contributed by atoms with Crippen LogP contribution in [0.15, 0.2) is 54.6 Å². The minimum Gasteiger partial charge on any atom is -0.445 e. The zero-order valence-electron chi connectivity index (χ0n) is 16.2. The number of piperidine rings is 1. The number of hydrogen-bond acceptors (Lipinski definition) is 3. The SMILES string of the molecule is Cc1ccccc1NC(=O)NC[C@H]1CCCN(C(=O)OCc2ccccc2)C1. The van der Waals surface area contributed by atoms with Crippen molar-refractivity contribution in [1.82, 2.24) is 10.2 Å². The summed E-state index contributed by atoms with van der Waals surface area (Å²) in [5.41, 5.74) is 2.79. The normalized spacial score (nSPS) is 16.3. The lowest BCUT2D eigenvalue weighted by Gasteiger charge is -2.32. The molecule has 1 aliphatic rings. The van der Waals surface area contributed by atoms with Gasteiger partial charge < -0.3 is 20.3 Å². The molecule has 0 unspecified atom stereocenters. The number of amides is 3. The highest BCUT2D eigenvalue weighted by Crippen LogP contribution is 2.17. The largest absolute Gasteiger partial charge is 0.445 e. The Morgan fingerprint density at radius 1 is 1.11 bits per heavy atom. The van der Waals surface area contributed by atoms with Crippen molar-refractivity contribution in [2.24, 2.45) is 5.92 Å². The Bertz CT molecular complexity index is 795. The fourth-order valence-corrected chi connectivity index (χ4v) is 3.32. The minimum atomic E-state index is -0.294. The van der Waals surface area contributed by atoms with E-state index < -0.39 is 0 Å². The third-order valence-electron chi connectivity index (χ3n) is 4.93. The molecular weight excluding hydrogens is 354 g/mol. The molecule has 6 heteroatoms. The molecule has 2 N–H and O–H groups in total. The monoisotopic (exact) mass is 381 g/mol. The van der Waals surface area contributed by atoms with Crippen LogP contribution in [0.3, 0.4) is 0 Å². The van der Waals surface area contributed by atoms with Gasteiger partial charge in [0.15, 0.2) is 0 Å². The zero-order chi connectivity index (χ0) is 19.8. The molecule has 1 fully saturated rings. The number of benzene rings is 2. The van der Waals surface area contributed by atoms with Crippen LogP contribution in [-0.4, -0.2) is 36.7 Å². The summed E-state index contributed by atoms with van der Waals surface area (Å²) in [6, 6.07) is 17.1. The second-order valence-corrected chi connectivity index (χ2v) is 7.14. The Morgan fingerprint density at radius 2 is 1.86 bits per heavy atom. The van der Waals surface area contributed by atoms with Gasteiger partial charge in [-0.25, -0.2) is 9.59 Å². The number of carbonyl (C=O) groups excluding carboxylic acids is 2. The highest BCUT2D eigenvalue weighted by Gasteiger charge is 2.25. The van der Waals surface area contributed by atoms with Crippen molar-refractivity contribution in [3.63, 3.8) is 0 Å². The summed E-state index contributed by atoms with van der Waals surface area (Å²) in [5, 5.41) is 5.78. The second-order valence-electron chi connectivity index (χ2n) is 7.14. The van der Waals surface area contributed by atoms with Gasteiger partial charge in [-0.1, -0.05) is 48.5 Å². The fraction of sp³-hybridized carbons (Fsp3) is 0.364. The lowest BCUT2D eigenvalue weighted by atomic mass is 9.98. The van der Waals surface area contributed by atoms with Gasteiger partial charge in [0.2, 0.25) is 0 Å². The Hall–Kier alpha value is -3.02. The first-order valence-electron chi connectivity index (χ1n) is 9.68. The number of nitrogens with zero attached hydrogens (tertiary/aromatic N) is 1. The van der Waals surface area contributed by atoms with E-state index in [1.807, 2.05) is 61.5 Å². The number of anilines is 1. The maximum atomic E-state index is 12.3. The van der Waals surface area contributed by atoms with Crippen molar-refractivity contribution in [3.8, 4) is 0 Å². The van der Waals surface area contributed by atoms with Crippen LogP contribution in [-0.2, 0) is 11.3 Å². The van der Waals surface area contributed by atoms with Crippen LogP contribution in [0.25, 0.3) is 0 Å². The predicted octanol–water partition coefficient (Wildman–Crippen LogP) is 4.17. The maximum absolute atomic E-state index is 12.3. The number of ether oxygens (including phenoxy) is 1. The van der Waals surface area contributed by atoms with Gasteiger partial charge in [0.05, 0.1) is 0 Å². The van der Waals surface area contributed by atoms with Gasteiger partial charge >= 0.3 is 12.1 Å². The quantitative estimate of drug-likeness (QED) is 0.817. The molecule has 1 aliphatic heterocycles. The third-order valence-corrected chi connectivity index (χ3v) is 4.93. The molecule has 1 atom stereocenters. The molecule has 0 aromatic heterocycles. The van der Waals surface area contributed by atoms with E-state index in [1.54, 1.807) is 4.90 Å². The maximum Gasteiger partial charge on any atom is 0.410 e. The van der Waals surface area contributed by atoms with Crippen molar-refractivity contribution in [2.75, 3.05) is 25.0 Å². The van der Waals surface area contributed by atoms with Crippen LogP contribution < -0.4 is 10.6 Å². The first kappa shape index (κ1) is 19.7. The average molecular weight is 381 g/mol. The molecule has 0 saturated carbocycles. The molecular formula is C22H27N3O3. The van der Waals surface area contributed by atoms with Gasteiger partial charge in [-0.05, 0) is 42.9 Å². The Kier molecular flexibility index (Phi) is 6.89. The van der Waals surface area contributed by atoms with Crippen molar-refractivity contribution in [1.29, 1.82) is 0 Å².